The number of thioether (sulfide) groups is 1. The molecule has 2 heterocycles. The molecule has 0 radical (unpaired) electrons. The third kappa shape index (κ3) is 3.37. The van der Waals surface area contributed by atoms with Gasteiger partial charge in [-0.25, -0.2) is 4.98 Å². The minimum atomic E-state index is -0.242. The van der Waals surface area contributed by atoms with Gasteiger partial charge >= 0.3 is 7.12 Å². The monoisotopic (exact) mass is 386 g/mol. The van der Waals surface area contributed by atoms with Crippen LogP contribution in [0.5, 0.6) is 0 Å². The molecule has 4 aliphatic rings. The van der Waals surface area contributed by atoms with Crippen molar-refractivity contribution in [3.05, 3.63) is 34.8 Å². The maximum atomic E-state index is 8.53. The Morgan fingerprint density at radius 3 is 2.96 bits per heavy atom. The molecule has 6 nitrogen and oxygen atoms in total. The van der Waals surface area contributed by atoms with Gasteiger partial charge in [-0.1, -0.05) is 25.0 Å². The van der Waals surface area contributed by atoms with E-state index >= 15 is 0 Å². The summed E-state index contributed by atoms with van der Waals surface area (Å²) in [6, 6.07) is 5.95. The van der Waals surface area contributed by atoms with Gasteiger partial charge in [0.15, 0.2) is 0 Å². The molecule has 1 aromatic rings. The van der Waals surface area contributed by atoms with Gasteiger partial charge in [0.25, 0.3) is 0 Å². The van der Waals surface area contributed by atoms with Crippen LogP contribution in [-0.4, -0.2) is 35.5 Å². The standard InChI is InChI=1S/C19H27BN4O2S/c1-18(2)13-11-14(18)19(3)15(12-13)25-20(26-19)16(7-6-10-23-24-21)27-17-8-4-5-9-22-17/h4-5,8-9,13-16H,6-7,10-12H2,1-3H3/t13-,14+,15+,16?,19-/m0/s1. The Labute approximate surface area is 165 Å². The Balaban J connectivity index is 1.49. The number of nitrogens with zero attached hydrogens (tertiary/aromatic N) is 4. The lowest BCUT2D eigenvalue weighted by Gasteiger charge is -2.64. The van der Waals surface area contributed by atoms with Crippen molar-refractivity contribution in [2.75, 3.05) is 6.54 Å². The van der Waals surface area contributed by atoms with E-state index in [1.165, 1.54) is 6.42 Å². The average molecular weight is 386 g/mol. The molecule has 0 N–H and O–H groups in total. The molecule has 3 aliphatic carbocycles. The van der Waals surface area contributed by atoms with Gasteiger partial charge in [0.05, 0.1) is 16.7 Å². The molecule has 2 bridgehead atoms. The highest BCUT2D eigenvalue weighted by Gasteiger charge is 2.68. The van der Waals surface area contributed by atoms with Gasteiger partial charge < -0.3 is 9.31 Å². The second-order valence-corrected chi connectivity index (χ2v) is 10.0. The summed E-state index contributed by atoms with van der Waals surface area (Å²) in [5, 5.41) is 4.79. The van der Waals surface area contributed by atoms with Crippen LogP contribution in [0.25, 0.3) is 10.4 Å². The Kier molecular flexibility index (Phi) is 5.18. The van der Waals surface area contributed by atoms with E-state index in [0.717, 1.165) is 30.2 Å². The highest BCUT2D eigenvalue weighted by atomic mass is 32.2. The summed E-state index contributed by atoms with van der Waals surface area (Å²) in [5.41, 5.74) is 8.67. The first-order valence-corrected chi connectivity index (χ1v) is 10.7. The van der Waals surface area contributed by atoms with Crippen molar-refractivity contribution in [2.24, 2.45) is 22.4 Å². The first-order chi connectivity index (χ1) is 12.9. The molecule has 1 saturated heterocycles. The van der Waals surface area contributed by atoms with Crippen LogP contribution in [0.2, 0.25) is 0 Å². The average Bonchev–Trinajstić information content (AvgIpc) is 3.02. The molecule has 5 rings (SSSR count). The van der Waals surface area contributed by atoms with Gasteiger partial charge in [0.2, 0.25) is 0 Å². The second-order valence-electron chi connectivity index (χ2n) is 8.76. The molecule has 5 atom stereocenters. The van der Waals surface area contributed by atoms with Crippen LogP contribution in [0.1, 0.15) is 46.5 Å². The maximum absolute atomic E-state index is 8.53. The summed E-state index contributed by atoms with van der Waals surface area (Å²) in [6.45, 7) is 7.51. The Hall–Kier alpha value is -1.21. The van der Waals surface area contributed by atoms with Gasteiger partial charge in [0, 0.05) is 22.8 Å². The van der Waals surface area contributed by atoms with Crippen LogP contribution in [-0.2, 0) is 9.31 Å². The fourth-order valence-electron chi connectivity index (χ4n) is 5.29. The molecule has 0 aromatic carbocycles. The van der Waals surface area contributed by atoms with Crippen LogP contribution in [0.4, 0.5) is 0 Å². The van der Waals surface area contributed by atoms with Gasteiger partial charge in [-0.2, -0.15) is 0 Å². The van der Waals surface area contributed by atoms with Crippen molar-refractivity contribution < 1.29 is 9.31 Å². The van der Waals surface area contributed by atoms with E-state index in [2.05, 4.69) is 35.8 Å². The van der Waals surface area contributed by atoms with Gasteiger partial charge in [-0.05, 0) is 67.5 Å². The van der Waals surface area contributed by atoms with Crippen molar-refractivity contribution in [3.63, 3.8) is 0 Å². The minimum Gasteiger partial charge on any atom is -0.405 e. The molecule has 8 heteroatoms. The predicted molar refractivity (Wildman–Crippen MR) is 107 cm³/mol. The summed E-state index contributed by atoms with van der Waals surface area (Å²) >= 11 is 1.71. The van der Waals surface area contributed by atoms with Gasteiger partial charge in [-0.3, -0.25) is 0 Å². The number of aromatic nitrogens is 1. The molecule has 144 valence electrons. The third-order valence-electron chi connectivity index (χ3n) is 6.99. The van der Waals surface area contributed by atoms with Crippen LogP contribution in [0.15, 0.2) is 34.5 Å². The van der Waals surface area contributed by atoms with Crippen LogP contribution < -0.4 is 0 Å². The third-order valence-corrected chi connectivity index (χ3v) is 8.24. The van der Waals surface area contributed by atoms with Crippen molar-refractivity contribution in [2.45, 2.75) is 68.3 Å². The molecule has 1 aliphatic heterocycles. The predicted octanol–water partition coefficient (Wildman–Crippen LogP) is 4.90. The van der Waals surface area contributed by atoms with E-state index in [1.54, 1.807) is 11.8 Å². The van der Waals surface area contributed by atoms with E-state index < -0.39 is 0 Å². The minimum absolute atomic E-state index is 0.136. The summed E-state index contributed by atoms with van der Waals surface area (Å²) < 4.78 is 13.1. The molecule has 4 fully saturated rings. The normalized spacial score (nSPS) is 34.3. The SMILES string of the molecule is CC1(C)[C@H]2C[C@H]1[C@]1(C)OB(C(CCCN=[N+]=[N-])Sc3ccccn3)O[C@@H]1C2. The molecular weight excluding hydrogens is 359 g/mol. The van der Waals surface area contributed by atoms with Gasteiger partial charge in [0.1, 0.15) is 0 Å². The molecule has 27 heavy (non-hydrogen) atoms. The van der Waals surface area contributed by atoms with E-state index in [-0.39, 0.29) is 24.0 Å². The van der Waals surface area contributed by atoms with Crippen molar-refractivity contribution in [1.29, 1.82) is 0 Å². The number of azide groups is 1. The summed E-state index contributed by atoms with van der Waals surface area (Å²) in [7, 11) is -0.242. The topological polar surface area (TPSA) is 80.1 Å². The lowest BCUT2D eigenvalue weighted by Crippen LogP contribution is -2.65. The lowest BCUT2D eigenvalue weighted by molar-refractivity contribution is -0.199. The van der Waals surface area contributed by atoms with Crippen LogP contribution in [0.3, 0.4) is 0 Å². The first kappa shape index (κ1) is 19.1. The summed E-state index contributed by atoms with van der Waals surface area (Å²) in [6.07, 6.45) is 6.03. The highest BCUT2D eigenvalue weighted by Crippen LogP contribution is 2.66. The second kappa shape index (κ2) is 7.32. The van der Waals surface area contributed by atoms with E-state index in [0.29, 0.717) is 17.9 Å². The number of pyridine rings is 1. The van der Waals surface area contributed by atoms with Crippen molar-refractivity contribution in [1.82, 2.24) is 4.98 Å². The fraction of sp³-hybridized carbons (Fsp3) is 0.737. The van der Waals surface area contributed by atoms with E-state index in [1.807, 2.05) is 24.4 Å². The largest absolute Gasteiger partial charge is 0.472 e. The zero-order valence-electron chi connectivity index (χ0n) is 16.2. The fourth-order valence-corrected chi connectivity index (χ4v) is 6.39. The quantitative estimate of drug-likeness (QED) is 0.167. The molecular formula is C19H27BN4O2S. The molecule has 0 amide bonds. The maximum Gasteiger partial charge on any atom is 0.472 e. The van der Waals surface area contributed by atoms with Gasteiger partial charge in [-0.15, -0.1) is 11.8 Å². The zero-order valence-corrected chi connectivity index (χ0v) is 17.1. The summed E-state index contributed by atoms with van der Waals surface area (Å²) in [5.74, 6) is 1.30. The Morgan fingerprint density at radius 2 is 2.26 bits per heavy atom. The lowest BCUT2D eigenvalue weighted by atomic mass is 9.43. The van der Waals surface area contributed by atoms with E-state index in [4.69, 9.17) is 14.8 Å². The molecule has 1 aromatic heterocycles. The molecule has 1 unspecified atom stereocenters. The number of hydrogen-bond donors (Lipinski definition) is 0. The highest BCUT2D eigenvalue weighted by molar-refractivity contribution is 8.01. The Bertz CT molecular complexity index is 730. The van der Waals surface area contributed by atoms with Crippen LogP contribution in [0, 0.1) is 17.3 Å². The summed E-state index contributed by atoms with van der Waals surface area (Å²) in [4.78, 5) is 7.32. The smallest absolute Gasteiger partial charge is 0.405 e. The van der Waals surface area contributed by atoms with E-state index in [9.17, 15) is 0 Å². The number of hydrogen-bond acceptors (Lipinski definition) is 5. The molecule has 3 saturated carbocycles. The van der Waals surface area contributed by atoms with Crippen molar-refractivity contribution >= 4 is 18.9 Å². The van der Waals surface area contributed by atoms with Crippen molar-refractivity contribution in [3.8, 4) is 0 Å². The number of rotatable bonds is 7. The molecule has 0 spiro atoms. The first-order valence-electron chi connectivity index (χ1n) is 9.87. The Morgan fingerprint density at radius 1 is 1.41 bits per heavy atom. The zero-order chi connectivity index (χ0) is 19.1. The van der Waals surface area contributed by atoms with Crippen LogP contribution >= 0.6 is 11.8 Å².